The molecule has 142 valence electrons. The highest BCUT2D eigenvalue weighted by atomic mass is 16.5. The number of ether oxygens (including phenoxy) is 2. The summed E-state index contributed by atoms with van der Waals surface area (Å²) in [6.07, 6.45) is 2.03. The number of hydrogen-bond acceptors (Lipinski definition) is 5. The highest BCUT2D eigenvalue weighted by Gasteiger charge is 2.21. The number of nitrogens with zero attached hydrogens (tertiary/aromatic N) is 2. The molecule has 0 spiro atoms. The van der Waals surface area contributed by atoms with E-state index in [0.29, 0.717) is 24.6 Å². The lowest BCUT2D eigenvalue weighted by Crippen LogP contribution is -2.31. The minimum Gasteiger partial charge on any atom is -0.497 e. The van der Waals surface area contributed by atoms with E-state index in [2.05, 4.69) is 10.3 Å². The standard InChI is InChI=1S/C20H23N3O4/c1-26-15-7-9-16(10-8-15)27-14-11-21-19(24)17-5-4-6-18(22-17)20(25)23-12-2-3-13-23/h4-10H,2-3,11-14H2,1H3,(H,21,24). The lowest BCUT2D eigenvalue weighted by atomic mass is 10.2. The molecule has 1 aromatic heterocycles. The Morgan fingerprint density at radius 1 is 1.04 bits per heavy atom. The van der Waals surface area contributed by atoms with E-state index in [-0.39, 0.29) is 17.5 Å². The average molecular weight is 369 g/mol. The first kappa shape index (κ1) is 18.7. The van der Waals surface area contributed by atoms with E-state index >= 15 is 0 Å². The summed E-state index contributed by atoms with van der Waals surface area (Å²) >= 11 is 0. The SMILES string of the molecule is COc1ccc(OCCNC(=O)c2cccc(C(=O)N3CCCC3)n2)cc1. The number of nitrogens with one attached hydrogen (secondary N) is 1. The second-order valence-electron chi connectivity index (χ2n) is 6.19. The van der Waals surface area contributed by atoms with Gasteiger partial charge in [0.25, 0.3) is 11.8 Å². The number of benzene rings is 1. The van der Waals surface area contributed by atoms with Gasteiger partial charge >= 0.3 is 0 Å². The Kier molecular flexibility index (Phi) is 6.25. The summed E-state index contributed by atoms with van der Waals surface area (Å²) in [4.78, 5) is 30.6. The van der Waals surface area contributed by atoms with Gasteiger partial charge in [-0.2, -0.15) is 0 Å². The van der Waals surface area contributed by atoms with Crippen molar-refractivity contribution in [3.63, 3.8) is 0 Å². The molecule has 0 aliphatic carbocycles. The lowest BCUT2D eigenvalue weighted by molar-refractivity contribution is 0.0787. The van der Waals surface area contributed by atoms with Gasteiger partial charge < -0.3 is 19.7 Å². The van der Waals surface area contributed by atoms with E-state index < -0.39 is 0 Å². The van der Waals surface area contributed by atoms with Gasteiger partial charge in [-0.05, 0) is 49.2 Å². The summed E-state index contributed by atoms with van der Waals surface area (Å²) in [5.41, 5.74) is 0.531. The van der Waals surface area contributed by atoms with E-state index in [0.717, 1.165) is 31.7 Å². The number of likely N-dealkylation sites (tertiary alicyclic amines) is 1. The highest BCUT2D eigenvalue weighted by molar-refractivity contribution is 5.96. The Balaban J connectivity index is 1.48. The molecule has 3 rings (SSSR count). The van der Waals surface area contributed by atoms with Crippen LogP contribution in [0.25, 0.3) is 0 Å². The molecular weight excluding hydrogens is 346 g/mol. The second kappa shape index (κ2) is 9.02. The van der Waals surface area contributed by atoms with Crippen LogP contribution in [0.2, 0.25) is 0 Å². The van der Waals surface area contributed by atoms with Crippen LogP contribution in [0.15, 0.2) is 42.5 Å². The van der Waals surface area contributed by atoms with Gasteiger partial charge in [0.1, 0.15) is 29.5 Å². The molecule has 27 heavy (non-hydrogen) atoms. The molecule has 7 nitrogen and oxygen atoms in total. The molecule has 0 radical (unpaired) electrons. The van der Waals surface area contributed by atoms with Crippen molar-refractivity contribution in [2.45, 2.75) is 12.8 Å². The first-order valence-electron chi connectivity index (χ1n) is 8.99. The topological polar surface area (TPSA) is 80.8 Å². The summed E-state index contributed by atoms with van der Waals surface area (Å²) in [7, 11) is 1.60. The third kappa shape index (κ3) is 4.97. The normalized spacial score (nSPS) is 13.3. The number of aromatic nitrogens is 1. The fraction of sp³-hybridized carbons (Fsp3) is 0.350. The maximum Gasteiger partial charge on any atom is 0.272 e. The minimum absolute atomic E-state index is 0.120. The van der Waals surface area contributed by atoms with Gasteiger partial charge in [-0.15, -0.1) is 0 Å². The monoisotopic (exact) mass is 369 g/mol. The molecule has 0 unspecified atom stereocenters. The zero-order chi connectivity index (χ0) is 19.1. The first-order valence-corrected chi connectivity index (χ1v) is 8.99. The summed E-state index contributed by atoms with van der Waals surface area (Å²) in [5.74, 6) is 1.00. The first-order chi connectivity index (χ1) is 13.2. The molecule has 0 bridgehead atoms. The van der Waals surface area contributed by atoms with Crippen molar-refractivity contribution < 1.29 is 19.1 Å². The molecule has 2 aromatic rings. The summed E-state index contributed by atoms with van der Waals surface area (Å²) in [5, 5.41) is 2.75. The van der Waals surface area contributed by atoms with Crippen LogP contribution in [0, 0.1) is 0 Å². The van der Waals surface area contributed by atoms with Gasteiger partial charge in [-0.25, -0.2) is 4.98 Å². The van der Waals surface area contributed by atoms with Gasteiger partial charge in [-0.1, -0.05) is 6.07 Å². The van der Waals surface area contributed by atoms with Crippen LogP contribution in [0.4, 0.5) is 0 Å². The quantitative estimate of drug-likeness (QED) is 0.757. The molecule has 1 fully saturated rings. The Morgan fingerprint density at radius 3 is 2.41 bits per heavy atom. The number of hydrogen-bond donors (Lipinski definition) is 1. The smallest absolute Gasteiger partial charge is 0.272 e. The van der Waals surface area contributed by atoms with Crippen LogP contribution in [0.5, 0.6) is 11.5 Å². The molecule has 2 amide bonds. The Morgan fingerprint density at radius 2 is 1.70 bits per heavy atom. The van der Waals surface area contributed by atoms with Crippen molar-refractivity contribution >= 4 is 11.8 Å². The van der Waals surface area contributed by atoms with Crippen LogP contribution >= 0.6 is 0 Å². The largest absolute Gasteiger partial charge is 0.497 e. The third-order valence-electron chi connectivity index (χ3n) is 4.31. The van der Waals surface area contributed by atoms with Crippen molar-refractivity contribution in [3.05, 3.63) is 53.9 Å². The maximum absolute atomic E-state index is 12.4. The lowest BCUT2D eigenvalue weighted by Gasteiger charge is -2.14. The van der Waals surface area contributed by atoms with Crippen molar-refractivity contribution in [3.8, 4) is 11.5 Å². The Hall–Kier alpha value is -3.09. The molecular formula is C20H23N3O4. The molecule has 1 aromatic carbocycles. The fourth-order valence-electron chi connectivity index (χ4n) is 2.86. The molecule has 0 atom stereocenters. The van der Waals surface area contributed by atoms with E-state index in [9.17, 15) is 9.59 Å². The summed E-state index contributed by atoms with van der Waals surface area (Å²) < 4.78 is 10.7. The predicted molar refractivity (Wildman–Crippen MR) is 100 cm³/mol. The zero-order valence-corrected chi connectivity index (χ0v) is 15.3. The number of methoxy groups -OCH3 is 1. The number of pyridine rings is 1. The minimum atomic E-state index is -0.329. The number of carbonyl (C=O) groups is 2. The highest BCUT2D eigenvalue weighted by Crippen LogP contribution is 2.16. The van der Waals surface area contributed by atoms with E-state index in [1.807, 2.05) is 0 Å². The molecule has 0 saturated carbocycles. The van der Waals surface area contributed by atoms with E-state index in [1.165, 1.54) is 0 Å². The molecule has 7 heteroatoms. The predicted octanol–water partition coefficient (Wildman–Crippen LogP) is 2.13. The molecule has 1 aliphatic rings. The van der Waals surface area contributed by atoms with Crippen LogP contribution < -0.4 is 14.8 Å². The molecule has 1 N–H and O–H groups in total. The zero-order valence-electron chi connectivity index (χ0n) is 15.3. The Labute approximate surface area is 158 Å². The molecule has 1 saturated heterocycles. The summed E-state index contributed by atoms with van der Waals surface area (Å²) in [6, 6.07) is 12.1. The number of amides is 2. The van der Waals surface area contributed by atoms with E-state index in [4.69, 9.17) is 9.47 Å². The van der Waals surface area contributed by atoms with Crippen LogP contribution in [0.3, 0.4) is 0 Å². The van der Waals surface area contributed by atoms with Crippen LogP contribution in [-0.4, -0.2) is 55.0 Å². The van der Waals surface area contributed by atoms with Crippen LogP contribution in [0.1, 0.15) is 33.8 Å². The van der Waals surface area contributed by atoms with Gasteiger partial charge in [-0.3, -0.25) is 9.59 Å². The van der Waals surface area contributed by atoms with Gasteiger partial charge in [0.15, 0.2) is 0 Å². The number of carbonyl (C=O) groups excluding carboxylic acids is 2. The van der Waals surface area contributed by atoms with Gasteiger partial charge in [0.05, 0.1) is 13.7 Å². The van der Waals surface area contributed by atoms with Crippen molar-refractivity contribution in [2.75, 3.05) is 33.4 Å². The van der Waals surface area contributed by atoms with E-state index in [1.54, 1.807) is 54.5 Å². The molecule has 1 aliphatic heterocycles. The summed E-state index contributed by atoms with van der Waals surface area (Å²) in [6.45, 7) is 2.15. The van der Waals surface area contributed by atoms with Crippen molar-refractivity contribution in [1.82, 2.24) is 15.2 Å². The van der Waals surface area contributed by atoms with Gasteiger partial charge in [0.2, 0.25) is 0 Å². The third-order valence-corrected chi connectivity index (χ3v) is 4.31. The maximum atomic E-state index is 12.4. The Bertz CT molecular complexity index is 786. The number of rotatable bonds is 7. The van der Waals surface area contributed by atoms with Gasteiger partial charge in [0, 0.05) is 13.1 Å². The fourth-order valence-corrected chi connectivity index (χ4v) is 2.86. The van der Waals surface area contributed by atoms with Crippen molar-refractivity contribution in [1.29, 1.82) is 0 Å². The second-order valence-corrected chi connectivity index (χ2v) is 6.19. The van der Waals surface area contributed by atoms with Crippen LogP contribution in [-0.2, 0) is 0 Å². The van der Waals surface area contributed by atoms with Crippen molar-refractivity contribution in [2.24, 2.45) is 0 Å². The molecule has 2 heterocycles. The average Bonchev–Trinajstić information content (AvgIpc) is 3.26.